The van der Waals surface area contributed by atoms with Gasteiger partial charge in [-0.1, -0.05) is 32.0 Å². The Balaban J connectivity index is 1.36. The van der Waals surface area contributed by atoms with Crippen molar-refractivity contribution >= 4 is 53.7 Å². The Labute approximate surface area is 331 Å². The van der Waals surface area contributed by atoms with E-state index in [2.05, 4.69) is 27.9 Å². The Morgan fingerprint density at radius 3 is 2.29 bits per heavy atom. The average molecular weight is 816 g/mol. The number of carboxylic acid groups (broad SMARTS) is 1. The van der Waals surface area contributed by atoms with E-state index in [9.17, 15) is 14.7 Å². The zero-order chi connectivity index (χ0) is 39.8. The van der Waals surface area contributed by atoms with Crippen molar-refractivity contribution in [1.82, 2.24) is 5.32 Å². The van der Waals surface area contributed by atoms with Crippen LogP contribution in [0.3, 0.4) is 0 Å². The van der Waals surface area contributed by atoms with Gasteiger partial charge >= 0.3 is 0 Å². The molecule has 0 atom stereocenters. The lowest BCUT2D eigenvalue weighted by Crippen LogP contribution is -2.50. The summed E-state index contributed by atoms with van der Waals surface area (Å²) in [6, 6.07) is 5.68. The number of amides is 1. The predicted molar refractivity (Wildman–Crippen MR) is 209 cm³/mol. The molecule has 2 fully saturated rings. The van der Waals surface area contributed by atoms with Gasteiger partial charge < -0.3 is 39.1 Å². The van der Waals surface area contributed by atoms with Gasteiger partial charge in [-0.05, 0) is 58.1 Å². The number of nitrogens with one attached hydrogen (secondary N) is 1. The number of allylic oxidation sites excluding steroid dienone is 5. The Morgan fingerprint density at radius 2 is 1.57 bits per heavy atom. The largest absolute Gasteiger partial charge is 0.545 e. The zero-order valence-corrected chi connectivity index (χ0v) is 33.7. The first-order valence-electron chi connectivity index (χ1n) is 19.3. The summed E-state index contributed by atoms with van der Waals surface area (Å²) in [5.74, 6) is -8.01. The molecule has 1 amide bonds. The van der Waals surface area contributed by atoms with Crippen LogP contribution in [0.4, 0.5) is 18.9 Å². The number of ether oxygens (including phenoxy) is 4. The molecule has 302 valence electrons. The highest BCUT2D eigenvalue weighted by molar-refractivity contribution is 6.98. The first-order chi connectivity index (χ1) is 27.1. The molecule has 4 aliphatic rings. The third-order valence-electron chi connectivity index (χ3n) is 10.7. The third kappa shape index (κ3) is 9.00. The van der Waals surface area contributed by atoms with E-state index in [0.29, 0.717) is 82.8 Å². The molecule has 2 saturated heterocycles. The van der Waals surface area contributed by atoms with Crippen LogP contribution in [0, 0.1) is 17.5 Å². The zero-order valence-electron chi connectivity index (χ0n) is 32.0. The van der Waals surface area contributed by atoms with Gasteiger partial charge in [-0.15, -0.1) is 11.6 Å². The lowest BCUT2D eigenvalue weighted by molar-refractivity contribution is -0.547. The summed E-state index contributed by atoms with van der Waals surface area (Å²) in [4.78, 5) is 28.3. The predicted octanol–water partition coefficient (Wildman–Crippen LogP) is 4.12. The highest BCUT2D eigenvalue weighted by Crippen LogP contribution is 2.45. The van der Waals surface area contributed by atoms with Crippen LogP contribution in [0.2, 0.25) is 13.1 Å². The van der Waals surface area contributed by atoms with E-state index >= 15 is 13.2 Å². The number of rotatable bonds is 16. The number of carbonyl (C=O) groups excluding carboxylic acids is 2. The van der Waals surface area contributed by atoms with Gasteiger partial charge in [0.25, 0.3) is 5.91 Å². The van der Waals surface area contributed by atoms with E-state index in [1.807, 2.05) is 24.3 Å². The molecule has 0 saturated carbocycles. The maximum absolute atomic E-state index is 17.1. The van der Waals surface area contributed by atoms with Crippen molar-refractivity contribution in [3.63, 3.8) is 0 Å². The minimum Gasteiger partial charge on any atom is -0.545 e. The van der Waals surface area contributed by atoms with Gasteiger partial charge in [0.15, 0.2) is 30.4 Å². The van der Waals surface area contributed by atoms with Crippen LogP contribution in [-0.4, -0.2) is 122 Å². The molecular formula is C41H49ClF3N3O7Si. The summed E-state index contributed by atoms with van der Waals surface area (Å²) in [7, 11) is -2.66. The number of anilines is 1. The number of benzene rings is 2. The second kappa shape index (κ2) is 19.1. The minimum atomic E-state index is -2.66. The number of carbonyl (C=O) groups is 2. The number of hydrogen-bond donors (Lipinski definition) is 1. The quantitative estimate of drug-likeness (QED) is 0.0887. The summed E-state index contributed by atoms with van der Waals surface area (Å²) in [6.07, 6.45) is 9.61. The number of nitrogens with zero attached hydrogens (tertiary/aromatic N) is 2. The fourth-order valence-electron chi connectivity index (χ4n) is 7.72. The molecular weight excluding hydrogens is 767 g/mol. The summed E-state index contributed by atoms with van der Waals surface area (Å²) >= 11 is 5.69. The van der Waals surface area contributed by atoms with Crippen molar-refractivity contribution in [2.75, 3.05) is 96.4 Å². The molecule has 1 aliphatic carbocycles. The monoisotopic (exact) mass is 815 g/mol. The fourth-order valence-corrected chi connectivity index (χ4v) is 11.0. The molecule has 2 aromatic carbocycles. The minimum absolute atomic E-state index is 0.00465. The van der Waals surface area contributed by atoms with Crippen molar-refractivity contribution in [1.29, 1.82) is 0 Å². The molecule has 56 heavy (non-hydrogen) atoms. The first-order valence-corrected chi connectivity index (χ1v) is 22.8. The Kier molecular flexibility index (Phi) is 14.3. The van der Waals surface area contributed by atoms with E-state index in [1.54, 1.807) is 12.1 Å². The summed E-state index contributed by atoms with van der Waals surface area (Å²) < 4.78 is 73.2. The third-order valence-corrected chi connectivity index (χ3v) is 14.5. The number of morpholine rings is 2. The number of halogens is 4. The Morgan fingerprint density at radius 1 is 0.893 bits per heavy atom. The van der Waals surface area contributed by atoms with Crippen molar-refractivity contribution in [3.8, 4) is 0 Å². The van der Waals surface area contributed by atoms with Gasteiger partial charge in [-0.25, -0.2) is 17.7 Å². The SMILES string of the molecule is C[Si]1(C)C2=CC(=[N+]3CCOCC3)C=CC2=C(c2c(F)c(C(=O)NCCOCCOCCCCCCCl)c(F)c(F)c2C(=O)[O-])c2ccc(N3CCOCC3)cc21. The van der Waals surface area contributed by atoms with Crippen LogP contribution in [0.25, 0.3) is 5.57 Å². The Hall–Kier alpha value is -3.79. The highest BCUT2D eigenvalue weighted by atomic mass is 35.5. The molecule has 2 aromatic rings. The molecule has 0 spiro atoms. The van der Waals surface area contributed by atoms with Crippen LogP contribution in [-0.2, 0) is 18.9 Å². The average Bonchev–Trinajstić information content (AvgIpc) is 3.20. The van der Waals surface area contributed by atoms with Gasteiger partial charge in [0.05, 0.1) is 39.0 Å². The van der Waals surface area contributed by atoms with E-state index in [1.165, 1.54) is 0 Å². The molecule has 0 bridgehead atoms. The molecule has 10 nitrogen and oxygen atoms in total. The number of aromatic carboxylic acids is 1. The topological polar surface area (TPSA) is 112 Å². The molecule has 15 heteroatoms. The standard InChI is InChI=1S/C41H49ClF3N3O7Si/c1-56(2)31-25-27(47-13-19-54-20-14-47)7-9-29(31)33(30-10-8-28(26-32(30)56)48-15-21-55-22-16-48)34-35(41(50)51)38(44)39(45)36(37(34)43)40(49)46-12-18-53-24-23-52-17-6-4-3-5-11-42/h7-10,25-26H,3-6,11-24H2,1-2H3,(H-,46,49,50,51). The van der Waals surface area contributed by atoms with E-state index < -0.39 is 54.1 Å². The molecule has 0 radical (unpaired) electrons. The maximum Gasteiger partial charge on any atom is 0.257 e. The van der Waals surface area contributed by atoms with Crippen molar-refractivity contribution in [2.45, 2.75) is 38.8 Å². The van der Waals surface area contributed by atoms with Gasteiger partial charge in [-0.2, -0.15) is 0 Å². The fraction of sp³-hybridized carbons (Fsp3) is 0.488. The normalized spacial score (nSPS) is 17.8. The molecule has 3 heterocycles. The summed E-state index contributed by atoms with van der Waals surface area (Å²) in [5, 5.41) is 16.8. The summed E-state index contributed by atoms with van der Waals surface area (Å²) in [6.45, 7) is 10.2. The number of fused-ring (bicyclic) bond motifs is 2. The van der Waals surface area contributed by atoms with Crippen molar-refractivity contribution < 1.29 is 51.4 Å². The lowest BCUT2D eigenvalue weighted by atomic mass is 9.85. The van der Waals surface area contributed by atoms with Crippen molar-refractivity contribution in [3.05, 3.63) is 86.9 Å². The van der Waals surface area contributed by atoms with Gasteiger partial charge in [0.2, 0.25) is 0 Å². The Bertz CT molecular complexity index is 1940. The smallest absolute Gasteiger partial charge is 0.257 e. The van der Waals surface area contributed by atoms with E-state index in [0.717, 1.165) is 47.5 Å². The molecule has 6 rings (SSSR count). The molecule has 3 aliphatic heterocycles. The van der Waals surface area contributed by atoms with Crippen LogP contribution < -0.4 is 20.5 Å². The number of unbranched alkanes of at least 4 members (excludes halogenated alkanes) is 3. The molecule has 0 unspecified atom stereocenters. The number of carboxylic acids is 1. The highest BCUT2D eigenvalue weighted by Gasteiger charge is 2.43. The van der Waals surface area contributed by atoms with E-state index in [4.69, 9.17) is 30.5 Å². The van der Waals surface area contributed by atoms with Gasteiger partial charge in [0, 0.05) is 61.1 Å². The summed E-state index contributed by atoms with van der Waals surface area (Å²) in [5.41, 5.74) is -0.416. The molecule has 1 N–H and O–H groups in total. The van der Waals surface area contributed by atoms with Crippen LogP contribution in [0.1, 0.15) is 57.5 Å². The van der Waals surface area contributed by atoms with Crippen LogP contribution in [0.5, 0.6) is 0 Å². The van der Waals surface area contributed by atoms with Crippen molar-refractivity contribution in [2.24, 2.45) is 0 Å². The second-order valence-corrected chi connectivity index (χ2v) is 19.3. The lowest BCUT2D eigenvalue weighted by Gasteiger charge is -2.39. The van der Waals surface area contributed by atoms with Crippen LogP contribution in [0.15, 0.2) is 47.2 Å². The van der Waals surface area contributed by atoms with Crippen LogP contribution >= 0.6 is 11.6 Å². The molecule has 0 aromatic heterocycles. The first kappa shape index (κ1) is 41.8. The van der Waals surface area contributed by atoms with Gasteiger partial charge in [0.1, 0.15) is 32.7 Å². The number of hydrogen-bond acceptors (Lipinski definition) is 8. The van der Waals surface area contributed by atoms with Gasteiger partial charge in [-0.3, -0.25) is 4.79 Å². The maximum atomic E-state index is 17.1. The van der Waals surface area contributed by atoms with E-state index in [-0.39, 0.29) is 25.3 Å². The number of alkyl halides is 1. The second-order valence-electron chi connectivity index (χ2n) is 14.6.